The highest BCUT2D eigenvalue weighted by Gasteiger charge is 2.43. The lowest BCUT2D eigenvalue weighted by Crippen LogP contribution is -2.54. The molecule has 2 aliphatic heterocycles. The average molecular weight is 389 g/mol. The van der Waals surface area contributed by atoms with Gasteiger partial charge in [0.1, 0.15) is 22.6 Å². The first-order valence-electron chi connectivity index (χ1n) is 8.34. The molecular weight excluding hydrogens is 371 g/mol. The van der Waals surface area contributed by atoms with Gasteiger partial charge < -0.3 is 15.0 Å². The number of amidine groups is 1. The first-order valence-corrected chi connectivity index (χ1v) is 9.78. The predicted molar refractivity (Wildman–Crippen MR) is 89.9 cm³/mol. The molecular formula is C16H18F3N3O3S. The lowest BCUT2D eigenvalue weighted by Gasteiger charge is -2.41. The standard InChI is InChI=1S/C16H18F3N3O3S/c1-16(18,19)13-8-25-5-4-22(13)11-6-10(17)7-12-14(11)20-15(9-2-3-9)21-26(12,23)24/h6-7,9,13H,2-5,8H2,1H3,(H,20,21). The monoisotopic (exact) mass is 389 g/mol. The van der Waals surface area contributed by atoms with E-state index in [-0.39, 0.29) is 41.9 Å². The highest BCUT2D eigenvalue weighted by molar-refractivity contribution is 7.90. The van der Waals surface area contributed by atoms with E-state index in [1.165, 1.54) is 4.90 Å². The maximum Gasteiger partial charge on any atom is 0.286 e. The maximum atomic E-state index is 14.2. The molecule has 1 saturated carbocycles. The molecule has 6 nitrogen and oxygen atoms in total. The van der Waals surface area contributed by atoms with E-state index in [2.05, 4.69) is 9.71 Å². The molecule has 1 aromatic rings. The van der Waals surface area contributed by atoms with Gasteiger partial charge in [0.2, 0.25) is 0 Å². The first-order chi connectivity index (χ1) is 12.2. The first kappa shape index (κ1) is 17.6. The number of hydrogen-bond acceptors (Lipinski definition) is 5. The van der Waals surface area contributed by atoms with Crippen LogP contribution in [0.5, 0.6) is 0 Å². The summed E-state index contributed by atoms with van der Waals surface area (Å²) in [4.78, 5) is 0.991. The Labute approximate surface area is 149 Å². The zero-order chi connectivity index (χ0) is 18.7. The van der Waals surface area contributed by atoms with Crippen molar-refractivity contribution < 1.29 is 26.3 Å². The zero-order valence-corrected chi connectivity index (χ0v) is 14.8. The van der Waals surface area contributed by atoms with Crippen LogP contribution < -0.4 is 10.2 Å². The second-order valence-electron chi connectivity index (χ2n) is 6.89. The molecule has 1 unspecified atom stereocenters. The van der Waals surface area contributed by atoms with Crippen LogP contribution in [0.1, 0.15) is 19.8 Å². The third-order valence-electron chi connectivity index (χ3n) is 4.78. The number of nitrogens with one attached hydrogen (secondary N) is 1. The van der Waals surface area contributed by atoms with Gasteiger partial charge in [-0.3, -0.25) is 0 Å². The summed E-state index contributed by atoms with van der Waals surface area (Å²) in [7, 11) is -4.09. The van der Waals surface area contributed by atoms with Gasteiger partial charge in [0, 0.05) is 19.4 Å². The van der Waals surface area contributed by atoms with Crippen molar-refractivity contribution in [2.24, 2.45) is 10.3 Å². The molecule has 4 rings (SSSR count). The molecule has 1 aromatic carbocycles. The van der Waals surface area contributed by atoms with Gasteiger partial charge in [-0.15, -0.1) is 4.40 Å². The van der Waals surface area contributed by atoms with Gasteiger partial charge in [0.05, 0.1) is 24.6 Å². The molecule has 0 amide bonds. The van der Waals surface area contributed by atoms with Crippen molar-refractivity contribution in [1.82, 2.24) is 0 Å². The van der Waals surface area contributed by atoms with Crippen molar-refractivity contribution >= 4 is 27.2 Å². The van der Waals surface area contributed by atoms with Crippen molar-refractivity contribution in [1.29, 1.82) is 0 Å². The fourth-order valence-electron chi connectivity index (χ4n) is 3.30. The summed E-state index contributed by atoms with van der Waals surface area (Å²) in [5, 5.41) is 2.96. The maximum absolute atomic E-state index is 14.2. The molecule has 1 N–H and O–H groups in total. The minimum atomic E-state index is -4.09. The smallest absolute Gasteiger partial charge is 0.286 e. The minimum absolute atomic E-state index is 0.00364. The summed E-state index contributed by atoms with van der Waals surface area (Å²) in [5.74, 6) is -3.64. The van der Waals surface area contributed by atoms with E-state index in [0.717, 1.165) is 31.9 Å². The fourth-order valence-corrected chi connectivity index (χ4v) is 4.53. The second kappa shape index (κ2) is 5.85. The van der Waals surface area contributed by atoms with E-state index in [9.17, 15) is 21.6 Å². The third-order valence-corrected chi connectivity index (χ3v) is 6.10. The van der Waals surface area contributed by atoms with Crippen molar-refractivity contribution in [3.8, 4) is 0 Å². The summed E-state index contributed by atoms with van der Waals surface area (Å²) in [6.45, 7) is 0.827. The molecule has 1 aliphatic carbocycles. The Bertz CT molecular complexity index is 879. The van der Waals surface area contributed by atoms with Crippen molar-refractivity contribution in [2.45, 2.75) is 36.6 Å². The van der Waals surface area contributed by atoms with Crippen molar-refractivity contribution in [3.63, 3.8) is 0 Å². The van der Waals surface area contributed by atoms with E-state index in [4.69, 9.17) is 4.74 Å². The molecule has 0 bridgehead atoms. The molecule has 1 saturated heterocycles. The number of morpholine rings is 1. The second-order valence-corrected chi connectivity index (χ2v) is 8.46. The summed E-state index contributed by atoms with van der Waals surface area (Å²) < 4.78 is 76.2. The van der Waals surface area contributed by atoms with Crippen LogP contribution in [0.25, 0.3) is 0 Å². The van der Waals surface area contributed by atoms with Crippen molar-refractivity contribution in [2.75, 3.05) is 30.0 Å². The Morgan fingerprint density at radius 2 is 2.08 bits per heavy atom. The predicted octanol–water partition coefficient (Wildman–Crippen LogP) is 2.61. The number of hydrogen-bond donors (Lipinski definition) is 1. The molecule has 1 atom stereocenters. The molecule has 0 aromatic heterocycles. The number of rotatable bonds is 3. The Balaban J connectivity index is 1.85. The van der Waals surface area contributed by atoms with Crippen LogP contribution in [-0.2, 0) is 14.8 Å². The quantitative estimate of drug-likeness (QED) is 0.861. The number of ether oxygens (including phenoxy) is 1. The average Bonchev–Trinajstić information content (AvgIpc) is 3.38. The van der Waals surface area contributed by atoms with Crippen molar-refractivity contribution in [3.05, 3.63) is 17.9 Å². The Morgan fingerprint density at radius 3 is 2.73 bits per heavy atom. The molecule has 3 aliphatic rings. The Morgan fingerprint density at radius 1 is 1.35 bits per heavy atom. The number of halogens is 3. The summed E-state index contributed by atoms with van der Waals surface area (Å²) in [5.41, 5.74) is 0.200. The molecule has 2 fully saturated rings. The summed E-state index contributed by atoms with van der Waals surface area (Å²) in [6, 6.07) is 0.629. The van der Waals surface area contributed by atoms with Gasteiger partial charge in [-0.25, -0.2) is 13.2 Å². The van der Waals surface area contributed by atoms with Gasteiger partial charge >= 0.3 is 0 Å². The van der Waals surface area contributed by atoms with Gasteiger partial charge in [-0.05, 0) is 25.0 Å². The third kappa shape index (κ3) is 3.05. The number of alkyl halides is 2. The van der Waals surface area contributed by atoms with E-state index >= 15 is 0 Å². The van der Waals surface area contributed by atoms with E-state index in [1.807, 2.05) is 0 Å². The largest absolute Gasteiger partial charge is 0.377 e. The van der Waals surface area contributed by atoms with E-state index < -0.39 is 27.8 Å². The van der Waals surface area contributed by atoms with Crippen LogP contribution in [0, 0.1) is 11.7 Å². The van der Waals surface area contributed by atoms with Crippen LogP contribution in [0.4, 0.5) is 24.5 Å². The van der Waals surface area contributed by atoms with E-state index in [1.54, 1.807) is 0 Å². The van der Waals surface area contributed by atoms with Gasteiger partial charge in [0.15, 0.2) is 0 Å². The molecule has 142 valence electrons. The minimum Gasteiger partial charge on any atom is -0.377 e. The normalized spacial score (nSPS) is 25.3. The SMILES string of the molecule is CC(F)(F)C1COCCN1c1cc(F)cc2c1NC(C1CC1)=NS2(=O)=O. The number of benzene rings is 1. The Hall–Kier alpha value is -1.81. The van der Waals surface area contributed by atoms with Crippen LogP contribution >= 0.6 is 0 Å². The lowest BCUT2D eigenvalue weighted by molar-refractivity contribution is -0.0526. The van der Waals surface area contributed by atoms with Crippen LogP contribution in [0.15, 0.2) is 21.4 Å². The topological polar surface area (TPSA) is 71.0 Å². The van der Waals surface area contributed by atoms with Crippen LogP contribution in [-0.4, -0.2) is 46.0 Å². The van der Waals surface area contributed by atoms with Crippen LogP contribution in [0.3, 0.4) is 0 Å². The Kier molecular flexibility index (Phi) is 3.96. The number of anilines is 2. The highest BCUT2D eigenvalue weighted by Crippen LogP contribution is 2.43. The van der Waals surface area contributed by atoms with Crippen LogP contribution in [0.2, 0.25) is 0 Å². The highest BCUT2D eigenvalue weighted by atomic mass is 32.2. The van der Waals surface area contributed by atoms with Gasteiger partial charge in [0.25, 0.3) is 15.9 Å². The molecule has 2 heterocycles. The summed E-state index contributed by atoms with van der Waals surface area (Å²) in [6.07, 6.45) is 1.61. The molecule has 26 heavy (non-hydrogen) atoms. The fraction of sp³-hybridized carbons (Fsp3) is 0.562. The number of fused-ring (bicyclic) bond motifs is 1. The van der Waals surface area contributed by atoms with Gasteiger partial charge in [-0.2, -0.15) is 8.42 Å². The number of sulfonamides is 1. The zero-order valence-electron chi connectivity index (χ0n) is 14.0. The molecule has 0 spiro atoms. The number of nitrogens with zero attached hydrogens (tertiary/aromatic N) is 2. The van der Waals surface area contributed by atoms with E-state index in [0.29, 0.717) is 5.84 Å². The van der Waals surface area contributed by atoms with Gasteiger partial charge in [-0.1, -0.05) is 0 Å². The summed E-state index contributed by atoms with van der Waals surface area (Å²) >= 11 is 0. The lowest BCUT2D eigenvalue weighted by atomic mass is 10.1. The molecule has 0 radical (unpaired) electrons. The molecule has 10 heteroatoms.